The molecule has 4 saturated carbocycles. The molecular weight excluding hydrogens is 1060 g/mol. The molecule has 0 saturated heterocycles. The first-order valence-electron chi connectivity index (χ1n) is 33.1. The highest BCUT2D eigenvalue weighted by Crippen LogP contribution is 2.46. The number of rotatable bonds is 23. The van der Waals surface area contributed by atoms with Gasteiger partial charge in [-0.15, -0.1) is 0 Å². The van der Waals surface area contributed by atoms with Crippen LogP contribution in [0.25, 0.3) is 0 Å². The third-order valence-corrected chi connectivity index (χ3v) is 21.3. The van der Waals surface area contributed by atoms with Gasteiger partial charge in [0.25, 0.3) is 0 Å². The fraction of sp³-hybridized carbons (Fsp3) is 0.949. The molecule has 3 unspecified atom stereocenters. The summed E-state index contributed by atoms with van der Waals surface area (Å²) in [6.45, 7) is 48.2. The van der Waals surface area contributed by atoms with Crippen LogP contribution in [0, 0.1) is 63.1 Å². The van der Waals surface area contributed by atoms with Crippen molar-refractivity contribution in [3.63, 3.8) is 0 Å². The number of ether oxygens (including phenoxy) is 4. The lowest BCUT2D eigenvalue weighted by molar-refractivity contribution is -0.187. The smallest absolute Gasteiger partial charge is 0.312 e. The number of carbonyl (C=O) groups is 4. The van der Waals surface area contributed by atoms with Crippen LogP contribution in [-0.2, 0) is 38.1 Å². The highest BCUT2D eigenvalue weighted by molar-refractivity contribution is 5.77. The Morgan fingerprint density at radius 1 is 0.360 bits per heavy atom. The molecule has 0 aliphatic heterocycles. The summed E-state index contributed by atoms with van der Waals surface area (Å²) in [6.07, 6.45) is 32.5. The number of unbranched alkanes of at least 4 members (excludes halogenated alkanes) is 1. The first kappa shape index (κ1) is 100. The minimum Gasteiger partial charge on any atom is -0.459 e. The van der Waals surface area contributed by atoms with Gasteiger partial charge in [0.05, 0.1) is 21.7 Å². The van der Waals surface area contributed by atoms with Crippen molar-refractivity contribution >= 4 is 23.9 Å². The molecule has 86 heavy (non-hydrogen) atoms. The van der Waals surface area contributed by atoms with Crippen LogP contribution >= 0.6 is 0 Å². The first-order chi connectivity index (χ1) is 36.1. The number of carbonyl (C=O) groups excluding carboxylic acids is 4. The lowest BCUT2D eigenvalue weighted by atomic mass is 9.69. The first-order valence-corrected chi connectivity index (χ1v) is 33.1. The zero-order chi connectivity index (χ0) is 60.0. The van der Waals surface area contributed by atoms with Gasteiger partial charge in [0.1, 0.15) is 22.4 Å². The summed E-state index contributed by atoms with van der Waals surface area (Å²) in [5.74, 6) is 3.65. The normalized spacial score (nSPS) is 19.8. The van der Waals surface area contributed by atoms with Gasteiger partial charge in [-0.2, -0.15) is 0 Å². The monoisotopic (exact) mass is 1230 g/mol. The zero-order valence-corrected chi connectivity index (χ0v) is 56.1. The van der Waals surface area contributed by atoms with Crippen molar-refractivity contribution < 1.29 is 38.1 Å². The Balaban J connectivity index is -0.000000153. The molecule has 0 aromatic rings. The predicted octanol–water partition coefficient (Wildman–Crippen LogP) is 25.9. The SMILES string of the molecule is C.C.C.C.C.C.C.C.CCC(C)(C)C(=O)OC(C)(C(C)C)C1CCCCC1.CCC(C)(C)C(=O)OC(C)(C)C1CCC(C)CC1.CCC(C)(C)C(=O)OC(CC)(C(C)C)C1CCCCC1.CCCCC(CC)(OC(=O)C(C)(C)CC)C1CCCCC1. The van der Waals surface area contributed by atoms with Gasteiger partial charge < -0.3 is 18.9 Å². The van der Waals surface area contributed by atoms with Crippen LogP contribution in [-0.4, -0.2) is 46.3 Å². The molecule has 4 aliphatic rings. The average Bonchev–Trinajstić information content (AvgIpc) is 3.42. The maximum Gasteiger partial charge on any atom is 0.312 e. The van der Waals surface area contributed by atoms with Gasteiger partial charge in [0, 0.05) is 0 Å². The molecule has 524 valence electrons. The maximum absolute atomic E-state index is 12.7. The van der Waals surface area contributed by atoms with E-state index in [-0.39, 0.29) is 127 Å². The van der Waals surface area contributed by atoms with E-state index >= 15 is 0 Å². The van der Waals surface area contributed by atoms with Crippen LogP contribution < -0.4 is 0 Å². The average molecular weight is 1230 g/mol. The van der Waals surface area contributed by atoms with E-state index in [4.69, 9.17) is 18.9 Å². The second-order valence-corrected chi connectivity index (χ2v) is 29.4. The van der Waals surface area contributed by atoms with Crippen LogP contribution in [0.4, 0.5) is 0 Å². The van der Waals surface area contributed by atoms with E-state index in [1.54, 1.807) is 0 Å². The van der Waals surface area contributed by atoms with Crippen molar-refractivity contribution in [2.45, 2.75) is 421 Å². The molecule has 8 nitrogen and oxygen atoms in total. The third-order valence-electron chi connectivity index (χ3n) is 21.3. The Labute approximate surface area is 543 Å². The molecule has 4 aliphatic carbocycles. The van der Waals surface area contributed by atoms with Crippen molar-refractivity contribution in [3.8, 4) is 0 Å². The fourth-order valence-corrected chi connectivity index (χ4v) is 12.3. The third kappa shape index (κ3) is 29.4. The minimum atomic E-state index is -0.371. The van der Waals surface area contributed by atoms with Crippen molar-refractivity contribution in [2.75, 3.05) is 0 Å². The van der Waals surface area contributed by atoms with Crippen LogP contribution in [0.2, 0.25) is 0 Å². The Morgan fingerprint density at radius 3 is 1.00 bits per heavy atom. The number of esters is 4. The van der Waals surface area contributed by atoms with Crippen molar-refractivity contribution in [2.24, 2.45) is 63.1 Å². The van der Waals surface area contributed by atoms with Crippen LogP contribution in [0.1, 0.15) is 398 Å². The molecule has 0 aromatic heterocycles. The second kappa shape index (κ2) is 45.2. The molecule has 8 heteroatoms. The molecule has 0 heterocycles. The Hall–Kier alpha value is -2.12. The van der Waals surface area contributed by atoms with Gasteiger partial charge in [-0.3, -0.25) is 19.2 Å². The van der Waals surface area contributed by atoms with E-state index < -0.39 is 0 Å². The van der Waals surface area contributed by atoms with Gasteiger partial charge in [0.15, 0.2) is 0 Å². The van der Waals surface area contributed by atoms with E-state index in [1.165, 1.54) is 128 Å². The van der Waals surface area contributed by atoms with E-state index in [2.05, 4.69) is 96.9 Å². The zero-order valence-electron chi connectivity index (χ0n) is 56.1. The molecule has 0 amide bonds. The molecule has 4 fully saturated rings. The summed E-state index contributed by atoms with van der Waals surface area (Å²) in [4.78, 5) is 49.9. The standard InChI is InChI=1S/C19H36O2.C18H34O2.C17H32O2.C16H30O2.8CH4/c1-6-9-15-19(8-3,16-13-11-10-12-14-16)21-17(20)18(4,5)7-2;1-7-17(5,6)16(19)20-18(8-2,14(3)4)15-12-10-9-11-13-15;1-7-16(4,5)15(18)19-17(6,13(2)3)14-11-9-8-10-12-14;1-7-15(3,4)14(17)18-16(5,6)13-10-8-12(2)9-11-13;;;;;;;;/h16H,6-15H2,1-5H3;14-15H,7-13H2,1-6H3;13-14H,7-12H2,1-6H3;12-13H,7-11H2,1-6H3;8*1H4. The summed E-state index contributed by atoms with van der Waals surface area (Å²) in [6, 6.07) is 0. The second-order valence-electron chi connectivity index (χ2n) is 29.4. The molecule has 4 rings (SSSR count). The van der Waals surface area contributed by atoms with E-state index in [9.17, 15) is 19.2 Å². The number of hydrogen-bond acceptors (Lipinski definition) is 8. The molecular formula is C78H164O8. The maximum atomic E-state index is 12.7. The van der Waals surface area contributed by atoms with Gasteiger partial charge in [0.2, 0.25) is 0 Å². The summed E-state index contributed by atoms with van der Waals surface area (Å²) in [7, 11) is 0. The molecule has 0 aromatic carbocycles. The van der Waals surface area contributed by atoms with Crippen molar-refractivity contribution in [1.29, 1.82) is 0 Å². The Kier molecular flexibility index (Phi) is 52.6. The van der Waals surface area contributed by atoms with Gasteiger partial charge >= 0.3 is 23.9 Å². The topological polar surface area (TPSA) is 105 Å². The van der Waals surface area contributed by atoms with Crippen molar-refractivity contribution in [1.82, 2.24) is 0 Å². The minimum absolute atomic E-state index is 0. The quantitative estimate of drug-likeness (QED) is 0.0736. The molecule has 0 bridgehead atoms. The predicted molar refractivity (Wildman–Crippen MR) is 383 cm³/mol. The highest BCUT2D eigenvalue weighted by atomic mass is 16.6. The lowest BCUT2D eigenvalue weighted by Gasteiger charge is -2.46. The summed E-state index contributed by atoms with van der Waals surface area (Å²) < 4.78 is 24.3. The van der Waals surface area contributed by atoms with E-state index in [0.717, 1.165) is 57.3 Å². The fourth-order valence-electron chi connectivity index (χ4n) is 12.3. The molecule has 0 spiro atoms. The number of hydrogen-bond donors (Lipinski definition) is 0. The molecule has 0 N–H and O–H groups in total. The van der Waals surface area contributed by atoms with Crippen molar-refractivity contribution in [3.05, 3.63) is 0 Å². The Bertz CT molecular complexity index is 1710. The van der Waals surface area contributed by atoms with E-state index in [1.807, 2.05) is 62.3 Å². The van der Waals surface area contributed by atoms with Crippen LogP contribution in [0.3, 0.4) is 0 Å². The Morgan fingerprint density at radius 2 is 0.686 bits per heavy atom. The molecule has 3 atom stereocenters. The van der Waals surface area contributed by atoms with Crippen LogP contribution in [0.5, 0.6) is 0 Å². The summed E-state index contributed by atoms with van der Waals surface area (Å²) >= 11 is 0. The van der Waals surface area contributed by atoms with E-state index in [0.29, 0.717) is 35.5 Å². The highest BCUT2D eigenvalue weighted by Gasteiger charge is 2.48. The summed E-state index contributed by atoms with van der Waals surface area (Å²) in [5, 5.41) is 0. The summed E-state index contributed by atoms with van der Waals surface area (Å²) in [5.41, 5.74) is -2.55. The lowest BCUT2D eigenvalue weighted by Crippen LogP contribution is -2.49. The van der Waals surface area contributed by atoms with Gasteiger partial charge in [-0.25, -0.2) is 0 Å². The van der Waals surface area contributed by atoms with Crippen LogP contribution in [0.15, 0.2) is 0 Å². The largest absolute Gasteiger partial charge is 0.459 e. The van der Waals surface area contributed by atoms with Gasteiger partial charge in [-0.1, -0.05) is 220 Å². The molecule has 0 radical (unpaired) electrons. The van der Waals surface area contributed by atoms with Gasteiger partial charge in [-0.05, 0) is 220 Å².